The molecular weight excluding hydrogens is 224 g/mol. The van der Waals surface area contributed by atoms with Crippen molar-refractivity contribution in [3.8, 4) is 0 Å². The topological polar surface area (TPSA) is 37.3 Å². The molecule has 1 N–H and O–H groups in total. The molecule has 0 amide bonds. The highest BCUT2D eigenvalue weighted by Crippen LogP contribution is 2.48. The van der Waals surface area contributed by atoms with Crippen molar-refractivity contribution in [2.24, 2.45) is 11.3 Å². The van der Waals surface area contributed by atoms with Crippen LogP contribution in [0, 0.1) is 11.3 Å². The summed E-state index contributed by atoms with van der Waals surface area (Å²) in [6.45, 7) is 1.83. The van der Waals surface area contributed by atoms with Gasteiger partial charge < -0.3 is 5.11 Å². The fraction of sp³-hybridized carbons (Fsp3) is 0.462. The van der Waals surface area contributed by atoms with Crippen LogP contribution in [-0.2, 0) is 11.2 Å². The zero-order valence-electron chi connectivity index (χ0n) is 9.24. The molecule has 0 bridgehead atoms. The van der Waals surface area contributed by atoms with E-state index in [4.69, 9.17) is 11.6 Å². The number of carbonyl (C=O) groups is 1. The fourth-order valence-electron chi connectivity index (χ4n) is 2.15. The molecule has 1 aromatic rings. The largest absolute Gasteiger partial charge is 0.481 e. The molecular formula is C13H15ClO2. The molecule has 1 unspecified atom stereocenters. The van der Waals surface area contributed by atoms with Gasteiger partial charge in [-0.15, -0.1) is 0 Å². The van der Waals surface area contributed by atoms with Crippen LogP contribution in [0.25, 0.3) is 0 Å². The van der Waals surface area contributed by atoms with E-state index in [9.17, 15) is 9.90 Å². The van der Waals surface area contributed by atoms with Crippen molar-refractivity contribution in [3.63, 3.8) is 0 Å². The Morgan fingerprint density at radius 2 is 2.12 bits per heavy atom. The zero-order valence-corrected chi connectivity index (χ0v) is 10.00. The number of rotatable bonds is 4. The Bertz CT molecular complexity index is 412. The minimum Gasteiger partial charge on any atom is -0.481 e. The number of carboxylic acids is 1. The average molecular weight is 239 g/mol. The number of hydrogen-bond acceptors (Lipinski definition) is 1. The molecule has 1 atom stereocenters. The number of hydrogen-bond donors (Lipinski definition) is 1. The maximum absolute atomic E-state index is 11.4. The Morgan fingerprint density at radius 3 is 2.62 bits per heavy atom. The maximum atomic E-state index is 11.4. The van der Waals surface area contributed by atoms with Gasteiger partial charge in [0, 0.05) is 5.02 Å². The summed E-state index contributed by atoms with van der Waals surface area (Å²) >= 11 is 6.07. The standard InChI is InChI=1S/C13H15ClO2/c1-13(12(15)16,10-6-7-10)8-9-4-2-3-5-11(9)14/h2-5,10H,6-8H2,1H3,(H,15,16). The summed E-state index contributed by atoms with van der Waals surface area (Å²) in [5, 5.41) is 10.0. The van der Waals surface area contributed by atoms with Crippen LogP contribution in [0.2, 0.25) is 5.02 Å². The molecule has 0 radical (unpaired) electrons. The second-order valence-corrected chi connectivity index (χ2v) is 5.17. The van der Waals surface area contributed by atoms with Gasteiger partial charge in [-0.05, 0) is 43.7 Å². The molecule has 0 saturated heterocycles. The number of carboxylic acid groups (broad SMARTS) is 1. The Hall–Kier alpha value is -1.02. The number of aliphatic carboxylic acids is 1. The molecule has 1 aliphatic rings. The Morgan fingerprint density at radius 1 is 1.50 bits per heavy atom. The lowest BCUT2D eigenvalue weighted by Gasteiger charge is -2.25. The van der Waals surface area contributed by atoms with Crippen LogP contribution in [-0.4, -0.2) is 11.1 Å². The van der Waals surface area contributed by atoms with E-state index < -0.39 is 11.4 Å². The molecule has 1 fully saturated rings. The summed E-state index contributed by atoms with van der Waals surface area (Å²) in [5.41, 5.74) is 0.270. The molecule has 0 aromatic heterocycles. The van der Waals surface area contributed by atoms with Gasteiger partial charge in [-0.25, -0.2) is 0 Å². The summed E-state index contributed by atoms with van der Waals surface area (Å²) < 4.78 is 0. The molecule has 86 valence electrons. The molecule has 1 aliphatic carbocycles. The van der Waals surface area contributed by atoms with E-state index in [-0.39, 0.29) is 0 Å². The van der Waals surface area contributed by atoms with Crippen LogP contribution >= 0.6 is 11.6 Å². The van der Waals surface area contributed by atoms with Crippen molar-refractivity contribution >= 4 is 17.6 Å². The molecule has 16 heavy (non-hydrogen) atoms. The average Bonchev–Trinajstić information content (AvgIpc) is 3.04. The van der Waals surface area contributed by atoms with Crippen LogP contribution in [0.5, 0.6) is 0 Å². The fourth-order valence-corrected chi connectivity index (χ4v) is 2.35. The summed E-state index contributed by atoms with van der Waals surface area (Å²) in [4.78, 5) is 11.4. The van der Waals surface area contributed by atoms with Gasteiger partial charge in [-0.1, -0.05) is 29.8 Å². The minimum atomic E-state index is -0.713. The van der Waals surface area contributed by atoms with E-state index in [1.54, 1.807) is 0 Å². The molecule has 0 aliphatic heterocycles. The summed E-state index contributed by atoms with van der Waals surface area (Å²) in [6.07, 6.45) is 2.56. The van der Waals surface area contributed by atoms with Gasteiger partial charge in [0.2, 0.25) is 0 Å². The van der Waals surface area contributed by atoms with Crippen molar-refractivity contribution in [3.05, 3.63) is 34.9 Å². The lowest BCUT2D eigenvalue weighted by Crippen LogP contribution is -2.32. The minimum absolute atomic E-state index is 0.307. The first-order valence-corrected chi connectivity index (χ1v) is 5.88. The van der Waals surface area contributed by atoms with Crippen molar-refractivity contribution in [2.45, 2.75) is 26.2 Å². The highest BCUT2D eigenvalue weighted by molar-refractivity contribution is 6.31. The Labute approximate surface area is 100 Å². The Balaban J connectivity index is 2.24. The monoisotopic (exact) mass is 238 g/mol. The van der Waals surface area contributed by atoms with Crippen LogP contribution in [0.4, 0.5) is 0 Å². The van der Waals surface area contributed by atoms with Crippen molar-refractivity contribution in [2.75, 3.05) is 0 Å². The predicted octanol–water partition coefficient (Wildman–Crippen LogP) is 3.38. The molecule has 3 heteroatoms. The summed E-state index contributed by atoms with van der Waals surface area (Å²) in [5.74, 6) is -0.406. The van der Waals surface area contributed by atoms with Crippen molar-refractivity contribution in [1.29, 1.82) is 0 Å². The smallest absolute Gasteiger partial charge is 0.309 e. The van der Waals surface area contributed by atoms with Crippen molar-refractivity contribution in [1.82, 2.24) is 0 Å². The van der Waals surface area contributed by atoms with Gasteiger partial charge in [0.05, 0.1) is 5.41 Å². The maximum Gasteiger partial charge on any atom is 0.309 e. The summed E-state index contributed by atoms with van der Waals surface area (Å²) in [7, 11) is 0. The highest BCUT2D eigenvalue weighted by atomic mass is 35.5. The van der Waals surface area contributed by atoms with E-state index in [0.717, 1.165) is 18.4 Å². The predicted molar refractivity (Wildman–Crippen MR) is 63.6 cm³/mol. The normalized spacial score (nSPS) is 19.1. The SMILES string of the molecule is CC(Cc1ccccc1Cl)(C(=O)O)C1CC1. The second kappa shape index (κ2) is 4.10. The third-order valence-electron chi connectivity index (χ3n) is 3.48. The van der Waals surface area contributed by atoms with Crippen LogP contribution in [0.15, 0.2) is 24.3 Å². The summed E-state index contributed by atoms with van der Waals surface area (Å²) in [6, 6.07) is 7.48. The first-order valence-electron chi connectivity index (χ1n) is 5.51. The van der Waals surface area contributed by atoms with Crippen molar-refractivity contribution < 1.29 is 9.90 Å². The van der Waals surface area contributed by atoms with Gasteiger partial charge >= 0.3 is 5.97 Å². The lowest BCUT2D eigenvalue weighted by atomic mass is 9.79. The third-order valence-corrected chi connectivity index (χ3v) is 3.85. The van der Waals surface area contributed by atoms with E-state index in [2.05, 4.69) is 0 Å². The van der Waals surface area contributed by atoms with Crippen LogP contribution < -0.4 is 0 Å². The third kappa shape index (κ3) is 2.07. The van der Waals surface area contributed by atoms with Crippen LogP contribution in [0.1, 0.15) is 25.3 Å². The van der Waals surface area contributed by atoms with Crippen LogP contribution in [0.3, 0.4) is 0 Å². The van der Waals surface area contributed by atoms with Gasteiger partial charge in [-0.3, -0.25) is 4.79 Å². The first-order chi connectivity index (χ1) is 7.54. The Kier molecular flexibility index (Phi) is 2.94. The van der Waals surface area contributed by atoms with E-state index in [1.165, 1.54) is 0 Å². The highest BCUT2D eigenvalue weighted by Gasteiger charge is 2.47. The van der Waals surface area contributed by atoms with Gasteiger partial charge in [-0.2, -0.15) is 0 Å². The quantitative estimate of drug-likeness (QED) is 0.873. The van der Waals surface area contributed by atoms with Gasteiger partial charge in [0.25, 0.3) is 0 Å². The molecule has 0 spiro atoms. The van der Waals surface area contributed by atoms with E-state index in [0.29, 0.717) is 17.4 Å². The van der Waals surface area contributed by atoms with Gasteiger partial charge in [0.1, 0.15) is 0 Å². The van der Waals surface area contributed by atoms with E-state index >= 15 is 0 Å². The second-order valence-electron chi connectivity index (χ2n) is 4.77. The number of benzene rings is 1. The van der Waals surface area contributed by atoms with Gasteiger partial charge in [0.15, 0.2) is 0 Å². The first kappa shape index (κ1) is 11.5. The molecule has 2 rings (SSSR count). The molecule has 2 nitrogen and oxygen atoms in total. The molecule has 1 saturated carbocycles. The lowest BCUT2D eigenvalue weighted by molar-refractivity contribution is -0.149. The van der Waals surface area contributed by atoms with E-state index in [1.807, 2.05) is 31.2 Å². The number of halogens is 1. The molecule has 0 heterocycles. The zero-order chi connectivity index (χ0) is 11.8. The molecule has 1 aromatic carbocycles.